The van der Waals surface area contributed by atoms with E-state index in [1.54, 1.807) is 6.26 Å². The van der Waals surface area contributed by atoms with E-state index in [2.05, 4.69) is 35.8 Å². The van der Waals surface area contributed by atoms with Crippen molar-refractivity contribution in [1.82, 2.24) is 10.6 Å². The van der Waals surface area contributed by atoms with Crippen LogP contribution in [0.1, 0.15) is 41.3 Å². The fraction of sp³-hybridized carbons (Fsp3) is 0.278. The average molecular weight is 310 g/mol. The van der Waals surface area contributed by atoms with Crippen LogP contribution in [0.3, 0.4) is 0 Å². The number of benzene rings is 1. The molecule has 112 valence electrons. The van der Waals surface area contributed by atoms with E-state index in [4.69, 9.17) is 16.6 Å². The monoisotopic (exact) mass is 310 g/mol. The molecule has 0 fully saturated rings. The van der Waals surface area contributed by atoms with Gasteiger partial charge in [0.1, 0.15) is 11.8 Å². The third-order valence-corrected chi connectivity index (χ3v) is 4.66. The largest absolute Gasteiger partial charge is 0.467 e. The Kier molecular flexibility index (Phi) is 3.26. The van der Waals surface area contributed by atoms with E-state index in [-0.39, 0.29) is 6.04 Å². The number of nitrogens with one attached hydrogen (secondary N) is 2. The Balaban J connectivity index is 1.90. The van der Waals surface area contributed by atoms with Crippen LogP contribution in [-0.2, 0) is 6.42 Å². The zero-order valence-electron chi connectivity index (χ0n) is 12.5. The van der Waals surface area contributed by atoms with Gasteiger partial charge in [-0.15, -0.1) is 0 Å². The number of hydrogen-bond acceptors (Lipinski definition) is 2. The van der Waals surface area contributed by atoms with Gasteiger partial charge >= 0.3 is 0 Å². The normalized spacial score (nSPS) is 20.6. The minimum atomic E-state index is 0.0326. The van der Waals surface area contributed by atoms with Crippen LogP contribution in [-0.4, -0.2) is 5.11 Å². The predicted molar refractivity (Wildman–Crippen MR) is 91.4 cm³/mol. The first-order chi connectivity index (χ1) is 10.7. The molecule has 0 radical (unpaired) electrons. The first kappa shape index (κ1) is 13.6. The fourth-order valence-corrected chi connectivity index (χ4v) is 3.63. The lowest BCUT2D eigenvalue weighted by Gasteiger charge is -2.30. The lowest BCUT2D eigenvalue weighted by atomic mass is 9.94. The van der Waals surface area contributed by atoms with E-state index in [0.717, 1.165) is 25.0 Å². The Labute approximate surface area is 135 Å². The minimum Gasteiger partial charge on any atom is -0.467 e. The highest BCUT2D eigenvalue weighted by molar-refractivity contribution is 7.80. The van der Waals surface area contributed by atoms with Crippen LogP contribution in [0.2, 0.25) is 0 Å². The van der Waals surface area contributed by atoms with Gasteiger partial charge in [-0.05, 0) is 67.7 Å². The number of thiocarbonyl (C=S) groups is 1. The van der Waals surface area contributed by atoms with Crippen molar-refractivity contribution < 1.29 is 4.42 Å². The first-order valence-corrected chi connectivity index (χ1v) is 8.07. The lowest BCUT2D eigenvalue weighted by molar-refractivity contribution is 0.463. The first-order valence-electron chi connectivity index (χ1n) is 7.66. The van der Waals surface area contributed by atoms with Gasteiger partial charge in [-0.2, -0.15) is 0 Å². The molecule has 1 aromatic heterocycles. The highest BCUT2D eigenvalue weighted by Crippen LogP contribution is 2.38. The molecule has 2 aliphatic rings. The molecule has 3 nitrogen and oxygen atoms in total. The molecule has 2 aromatic rings. The van der Waals surface area contributed by atoms with Gasteiger partial charge in [0.25, 0.3) is 0 Å². The van der Waals surface area contributed by atoms with E-state index in [1.165, 1.54) is 28.0 Å². The van der Waals surface area contributed by atoms with Crippen molar-refractivity contribution in [3.8, 4) is 0 Å². The SMILES string of the molecule is Cc1ccc2c(c1)C1=C(CCC2)C(c2ccco2)NC(=S)N1. The van der Waals surface area contributed by atoms with E-state index < -0.39 is 0 Å². The molecule has 2 heterocycles. The molecule has 1 aliphatic heterocycles. The molecule has 0 bridgehead atoms. The molecule has 0 spiro atoms. The van der Waals surface area contributed by atoms with E-state index in [0.29, 0.717) is 5.11 Å². The van der Waals surface area contributed by atoms with Crippen molar-refractivity contribution in [3.63, 3.8) is 0 Å². The second-order valence-corrected chi connectivity index (χ2v) is 6.37. The molecule has 0 amide bonds. The molecule has 1 unspecified atom stereocenters. The highest BCUT2D eigenvalue weighted by Gasteiger charge is 2.30. The van der Waals surface area contributed by atoms with Crippen molar-refractivity contribution in [1.29, 1.82) is 0 Å². The second-order valence-electron chi connectivity index (χ2n) is 5.96. The van der Waals surface area contributed by atoms with Crippen LogP contribution in [0.15, 0.2) is 46.6 Å². The third-order valence-electron chi connectivity index (χ3n) is 4.44. The van der Waals surface area contributed by atoms with E-state index in [9.17, 15) is 0 Å². The Bertz CT molecular complexity index is 761. The van der Waals surface area contributed by atoms with Gasteiger partial charge in [-0.25, -0.2) is 0 Å². The third kappa shape index (κ3) is 2.24. The van der Waals surface area contributed by atoms with E-state index >= 15 is 0 Å². The van der Waals surface area contributed by atoms with Gasteiger partial charge in [0, 0.05) is 11.3 Å². The van der Waals surface area contributed by atoms with Crippen molar-refractivity contribution in [2.45, 2.75) is 32.2 Å². The van der Waals surface area contributed by atoms with Crippen LogP contribution in [0.5, 0.6) is 0 Å². The molecule has 2 N–H and O–H groups in total. The molecular formula is C18H18N2OS. The zero-order chi connectivity index (χ0) is 15.1. The maximum Gasteiger partial charge on any atom is 0.171 e. The smallest absolute Gasteiger partial charge is 0.171 e. The molecule has 22 heavy (non-hydrogen) atoms. The van der Waals surface area contributed by atoms with Gasteiger partial charge in [0.2, 0.25) is 0 Å². The summed E-state index contributed by atoms with van der Waals surface area (Å²) >= 11 is 5.43. The van der Waals surface area contributed by atoms with Crippen molar-refractivity contribution in [2.24, 2.45) is 0 Å². The second kappa shape index (κ2) is 5.29. The minimum absolute atomic E-state index is 0.0326. The summed E-state index contributed by atoms with van der Waals surface area (Å²) in [6, 6.07) is 10.7. The molecule has 1 atom stereocenters. The summed E-state index contributed by atoms with van der Waals surface area (Å²) in [7, 11) is 0. The maximum atomic E-state index is 5.64. The molecule has 0 saturated heterocycles. The van der Waals surface area contributed by atoms with Gasteiger partial charge < -0.3 is 15.1 Å². The van der Waals surface area contributed by atoms with Crippen LogP contribution < -0.4 is 10.6 Å². The summed E-state index contributed by atoms with van der Waals surface area (Å²) in [5.74, 6) is 0.924. The van der Waals surface area contributed by atoms with Crippen LogP contribution >= 0.6 is 12.2 Å². The van der Waals surface area contributed by atoms with Crippen molar-refractivity contribution in [3.05, 3.63) is 64.6 Å². The standard InChI is InChI=1S/C18H18N2OS/c1-11-7-8-12-4-2-5-13-16(14(12)10-11)19-18(22)20-17(13)15-6-3-9-21-15/h3,6-10,17H,2,4-5H2,1H3,(H2,19,20,22). The molecule has 4 rings (SSSR count). The van der Waals surface area contributed by atoms with E-state index in [1.807, 2.05) is 12.1 Å². The highest BCUT2D eigenvalue weighted by atomic mass is 32.1. The summed E-state index contributed by atoms with van der Waals surface area (Å²) in [6.45, 7) is 2.13. The number of rotatable bonds is 1. The van der Waals surface area contributed by atoms with Gasteiger partial charge in [-0.3, -0.25) is 0 Å². The molecule has 0 saturated carbocycles. The quantitative estimate of drug-likeness (QED) is 0.785. The Morgan fingerprint density at radius 2 is 2.14 bits per heavy atom. The van der Waals surface area contributed by atoms with Crippen LogP contribution in [0, 0.1) is 6.92 Å². The summed E-state index contributed by atoms with van der Waals surface area (Å²) in [6.07, 6.45) is 5.00. The molecule has 1 aromatic carbocycles. The molecule has 4 heteroatoms. The lowest BCUT2D eigenvalue weighted by Crippen LogP contribution is -2.43. The van der Waals surface area contributed by atoms with Crippen LogP contribution in [0.4, 0.5) is 0 Å². The summed E-state index contributed by atoms with van der Waals surface area (Å²) in [5, 5.41) is 7.41. The molecular weight excluding hydrogens is 292 g/mol. The topological polar surface area (TPSA) is 37.2 Å². The number of fused-ring (bicyclic) bond motifs is 2. The summed E-state index contributed by atoms with van der Waals surface area (Å²) in [4.78, 5) is 0. The predicted octanol–water partition coefficient (Wildman–Crippen LogP) is 3.85. The summed E-state index contributed by atoms with van der Waals surface area (Å²) in [5.41, 5.74) is 6.46. The zero-order valence-corrected chi connectivity index (χ0v) is 13.3. The van der Waals surface area contributed by atoms with Crippen molar-refractivity contribution in [2.75, 3.05) is 0 Å². The Hall–Kier alpha value is -2.07. The van der Waals surface area contributed by atoms with Crippen molar-refractivity contribution >= 4 is 23.0 Å². The number of aryl methyl sites for hydroxylation is 2. The fourth-order valence-electron chi connectivity index (χ4n) is 3.41. The summed E-state index contributed by atoms with van der Waals surface area (Å²) < 4.78 is 5.64. The Morgan fingerprint density at radius 1 is 1.23 bits per heavy atom. The number of furan rings is 1. The van der Waals surface area contributed by atoms with Crippen LogP contribution in [0.25, 0.3) is 5.70 Å². The van der Waals surface area contributed by atoms with Gasteiger partial charge in [-0.1, -0.05) is 17.7 Å². The van der Waals surface area contributed by atoms with Gasteiger partial charge in [0.15, 0.2) is 5.11 Å². The average Bonchev–Trinajstić information content (AvgIpc) is 2.97. The Morgan fingerprint density at radius 3 is 2.95 bits per heavy atom. The molecule has 1 aliphatic carbocycles. The van der Waals surface area contributed by atoms with Gasteiger partial charge in [0.05, 0.1) is 6.26 Å². The number of hydrogen-bond donors (Lipinski definition) is 2. The maximum absolute atomic E-state index is 5.64.